The fourth-order valence-electron chi connectivity index (χ4n) is 1.17. The monoisotopic (exact) mass is 351 g/mol. The van der Waals surface area contributed by atoms with Crippen LogP contribution in [-0.4, -0.2) is 46.5 Å². The molecular formula is C11H14BrNO5S. The Hall–Kier alpha value is -1.12. The van der Waals surface area contributed by atoms with E-state index in [4.69, 9.17) is 4.74 Å². The lowest BCUT2D eigenvalue weighted by Crippen LogP contribution is -2.22. The quantitative estimate of drug-likeness (QED) is 0.746. The second kappa shape index (κ2) is 6.36. The molecule has 19 heavy (non-hydrogen) atoms. The van der Waals surface area contributed by atoms with Crippen LogP contribution < -0.4 is 4.74 Å². The van der Waals surface area contributed by atoms with Crippen molar-refractivity contribution in [1.29, 1.82) is 0 Å². The number of hydrogen-bond acceptors (Lipinski definition) is 5. The number of nitrogens with zero attached hydrogens (tertiary/aromatic N) is 1. The van der Waals surface area contributed by atoms with E-state index in [0.717, 1.165) is 4.31 Å². The van der Waals surface area contributed by atoms with Gasteiger partial charge in [-0.3, -0.25) is 0 Å². The van der Waals surface area contributed by atoms with Gasteiger partial charge in [0.2, 0.25) is 10.0 Å². The van der Waals surface area contributed by atoms with Gasteiger partial charge in [-0.1, -0.05) is 0 Å². The highest BCUT2D eigenvalue weighted by Crippen LogP contribution is 2.28. The van der Waals surface area contributed by atoms with Gasteiger partial charge in [0.25, 0.3) is 0 Å². The van der Waals surface area contributed by atoms with E-state index in [-0.39, 0.29) is 11.5 Å². The van der Waals surface area contributed by atoms with Gasteiger partial charge in [-0.25, -0.2) is 17.5 Å². The van der Waals surface area contributed by atoms with Crippen LogP contribution in [0.5, 0.6) is 5.75 Å². The van der Waals surface area contributed by atoms with E-state index in [9.17, 15) is 13.2 Å². The van der Waals surface area contributed by atoms with Crippen LogP contribution in [0.2, 0.25) is 0 Å². The van der Waals surface area contributed by atoms with E-state index in [2.05, 4.69) is 20.7 Å². The molecule has 0 radical (unpaired) electrons. The van der Waals surface area contributed by atoms with E-state index < -0.39 is 16.0 Å². The molecular weight excluding hydrogens is 338 g/mol. The minimum Gasteiger partial charge on any atom is -0.481 e. The molecule has 0 N–H and O–H groups in total. The van der Waals surface area contributed by atoms with Crippen molar-refractivity contribution in [2.24, 2.45) is 0 Å². The number of ether oxygens (including phenoxy) is 2. The minimum atomic E-state index is -3.50. The van der Waals surface area contributed by atoms with Gasteiger partial charge >= 0.3 is 5.97 Å². The molecule has 0 saturated heterocycles. The van der Waals surface area contributed by atoms with Crippen LogP contribution in [0.15, 0.2) is 27.6 Å². The normalized spacial score (nSPS) is 11.4. The molecule has 0 aliphatic heterocycles. The van der Waals surface area contributed by atoms with Crippen molar-refractivity contribution in [1.82, 2.24) is 4.31 Å². The molecule has 0 amide bonds. The maximum absolute atomic E-state index is 11.9. The number of carbonyl (C=O) groups excluding carboxylic acids is 1. The van der Waals surface area contributed by atoms with E-state index in [1.165, 1.54) is 39.4 Å². The minimum absolute atomic E-state index is 0.134. The Bertz CT molecular complexity index is 570. The van der Waals surface area contributed by atoms with Gasteiger partial charge < -0.3 is 9.47 Å². The number of halogens is 1. The molecule has 0 aliphatic rings. The van der Waals surface area contributed by atoms with Gasteiger partial charge in [-0.15, -0.1) is 0 Å². The third-order valence-corrected chi connectivity index (χ3v) is 4.69. The average Bonchev–Trinajstić information content (AvgIpc) is 2.36. The standard InChI is InChI=1S/C11H14BrNO5S/c1-13(2)19(15,16)8-4-5-10(9(12)6-8)18-7-11(14)17-3/h4-6H,7H2,1-3H3. The third-order valence-electron chi connectivity index (χ3n) is 2.26. The van der Waals surface area contributed by atoms with Crippen molar-refractivity contribution < 1.29 is 22.7 Å². The summed E-state index contributed by atoms with van der Waals surface area (Å²) in [5, 5.41) is 0. The molecule has 106 valence electrons. The van der Waals surface area contributed by atoms with E-state index in [1.54, 1.807) is 0 Å². The smallest absolute Gasteiger partial charge is 0.343 e. The maximum atomic E-state index is 11.9. The highest BCUT2D eigenvalue weighted by molar-refractivity contribution is 9.10. The number of benzene rings is 1. The van der Waals surface area contributed by atoms with Gasteiger partial charge in [0.15, 0.2) is 6.61 Å². The Morgan fingerprint density at radius 3 is 2.47 bits per heavy atom. The first-order valence-electron chi connectivity index (χ1n) is 5.20. The molecule has 1 aromatic rings. The molecule has 0 atom stereocenters. The molecule has 0 unspecified atom stereocenters. The number of esters is 1. The van der Waals surface area contributed by atoms with Crippen LogP contribution in [0.3, 0.4) is 0 Å². The van der Waals surface area contributed by atoms with E-state index in [1.807, 2.05) is 0 Å². The molecule has 8 heteroatoms. The predicted molar refractivity (Wildman–Crippen MR) is 72.5 cm³/mol. The Morgan fingerprint density at radius 1 is 1.37 bits per heavy atom. The van der Waals surface area contributed by atoms with Crippen molar-refractivity contribution in [3.05, 3.63) is 22.7 Å². The zero-order valence-corrected chi connectivity index (χ0v) is 13.1. The van der Waals surface area contributed by atoms with Crippen LogP contribution in [0.1, 0.15) is 0 Å². The summed E-state index contributed by atoms with van der Waals surface area (Å²) in [7, 11) is 0.660. The Morgan fingerprint density at radius 2 is 2.00 bits per heavy atom. The van der Waals surface area contributed by atoms with Crippen molar-refractivity contribution >= 4 is 31.9 Å². The van der Waals surface area contributed by atoms with Crippen molar-refractivity contribution in [3.8, 4) is 5.75 Å². The lowest BCUT2D eigenvalue weighted by Gasteiger charge is -2.13. The lowest BCUT2D eigenvalue weighted by molar-refractivity contribution is -0.142. The number of carbonyl (C=O) groups is 1. The predicted octanol–water partition coefficient (Wildman–Crippen LogP) is 1.25. The average molecular weight is 352 g/mol. The van der Waals surface area contributed by atoms with Crippen LogP contribution in [0.4, 0.5) is 0 Å². The highest BCUT2D eigenvalue weighted by Gasteiger charge is 2.18. The number of hydrogen-bond donors (Lipinski definition) is 0. The number of sulfonamides is 1. The zero-order chi connectivity index (χ0) is 14.6. The first kappa shape index (κ1) is 15.9. The van der Waals surface area contributed by atoms with Crippen LogP contribution in [0.25, 0.3) is 0 Å². The zero-order valence-electron chi connectivity index (χ0n) is 10.7. The molecule has 0 spiro atoms. The molecule has 0 heterocycles. The third kappa shape index (κ3) is 3.92. The van der Waals surface area contributed by atoms with Crippen molar-refractivity contribution in [2.75, 3.05) is 27.8 Å². The van der Waals surface area contributed by atoms with Crippen LogP contribution in [-0.2, 0) is 19.6 Å². The summed E-state index contributed by atoms with van der Waals surface area (Å²) in [6, 6.07) is 4.30. The molecule has 1 rings (SSSR count). The van der Waals surface area contributed by atoms with Crippen molar-refractivity contribution in [3.63, 3.8) is 0 Å². The fraction of sp³-hybridized carbons (Fsp3) is 0.364. The summed E-state index contributed by atoms with van der Waals surface area (Å²) < 4.78 is 35.0. The summed E-state index contributed by atoms with van der Waals surface area (Å²) in [5.74, 6) is -0.153. The molecule has 0 bridgehead atoms. The summed E-state index contributed by atoms with van der Waals surface area (Å²) in [6.45, 7) is -0.241. The van der Waals surface area contributed by atoms with Crippen molar-refractivity contribution in [2.45, 2.75) is 4.90 Å². The second-order valence-corrected chi connectivity index (χ2v) is 6.75. The SMILES string of the molecule is COC(=O)COc1ccc(S(=O)(=O)N(C)C)cc1Br. The lowest BCUT2D eigenvalue weighted by atomic mass is 10.3. The first-order valence-corrected chi connectivity index (χ1v) is 7.44. The summed E-state index contributed by atoms with van der Waals surface area (Å²) in [5.41, 5.74) is 0. The summed E-state index contributed by atoms with van der Waals surface area (Å²) in [4.78, 5) is 11.1. The number of rotatable bonds is 5. The molecule has 0 saturated carbocycles. The van der Waals surface area contributed by atoms with Gasteiger partial charge in [-0.2, -0.15) is 0 Å². The highest BCUT2D eigenvalue weighted by atomic mass is 79.9. The molecule has 1 aromatic carbocycles. The first-order chi connectivity index (χ1) is 8.78. The maximum Gasteiger partial charge on any atom is 0.343 e. The Kier molecular flexibility index (Phi) is 5.33. The van der Waals surface area contributed by atoms with Gasteiger partial charge in [0.1, 0.15) is 5.75 Å². The molecule has 0 aromatic heterocycles. The van der Waals surface area contributed by atoms with Gasteiger partial charge in [0, 0.05) is 14.1 Å². The van der Waals surface area contributed by atoms with Crippen LogP contribution in [0, 0.1) is 0 Å². The topological polar surface area (TPSA) is 72.9 Å². The van der Waals surface area contributed by atoms with Gasteiger partial charge in [-0.05, 0) is 34.1 Å². The molecule has 0 aliphatic carbocycles. The van der Waals surface area contributed by atoms with E-state index >= 15 is 0 Å². The van der Waals surface area contributed by atoms with Gasteiger partial charge in [0.05, 0.1) is 16.5 Å². The number of methoxy groups -OCH3 is 1. The molecule has 0 fully saturated rings. The van der Waals surface area contributed by atoms with Crippen LogP contribution >= 0.6 is 15.9 Å². The summed E-state index contributed by atoms with van der Waals surface area (Å²) >= 11 is 3.20. The van der Waals surface area contributed by atoms with E-state index in [0.29, 0.717) is 10.2 Å². The Balaban J connectivity index is 2.95. The fourth-order valence-corrected chi connectivity index (χ4v) is 2.74. The second-order valence-electron chi connectivity index (χ2n) is 3.74. The largest absolute Gasteiger partial charge is 0.481 e. The Labute approximate surface area is 120 Å². The summed E-state index contributed by atoms with van der Waals surface area (Å²) in [6.07, 6.45) is 0. The molecule has 6 nitrogen and oxygen atoms in total.